The lowest BCUT2D eigenvalue weighted by molar-refractivity contribution is -0.138. The molecule has 0 aliphatic carbocycles. The second-order valence-corrected chi connectivity index (χ2v) is 5.99. The number of rotatable bonds is 4. The number of aryl methyl sites for hydroxylation is 2. The molecule has 2 aromatic heterocycles. The smallest absolute Gasteiger partial charge is 0.227 e. The van der Waals surface area contributed by atoms with Crippen molar-refractivity contribution in [2.24, 2.45) is 0 Å². The van der Waals surface area contributed by atoms with E-state index in [1.165, 1.54) is 0 Å². The highest BCUT2D eigenvalue weighted by Crippen LogP contribution is 2.23. The number of aromatic nitrogens is 3. The van der Waals surface area contributed by atoms with Crippen LogP contribution in [0.4, 0.5) is 5.82 Å². The van der Waals surface area contributed by atoms with Crippen molar-refractivity contribution in [1.82, 2.24) is 20.1 Å². The summed E-state index contributed by atoms with van der Waals surface area (Å²) in [5, 5.41) is 10.1. The van der Waals surface area contributed by atoms with Crippen LogP contribution < -0.4 is 5.32 Å². The van der Waals surface area contributed by atoms with Crippen LogP contribution in [0.2, 0.25) is 0 Å². The maximum absolute atomic E-state index is 12.7. The first-order chi connectivity index (χ1) is 11.6. The molecule has 3 rings (SSSR count). The van der Waals surface area contributed by atoms with Gasteiger partial charge in [0.15, 0.2) is 0 Å². The highest BCUT2D eigenvalue weighted by atomic mass is 16.5. The molecule has 2 N–H and O–H groups in total. The standard InChI is InChI=1S/C17H23N5O2/c1-11-13(12(2)21-20-11)9-17(23)22-7-8-24-15(10-22)14-5-4-6-16(18-3)19-14/h4-6,15H,7-10H2,1-3H3,(H,18,19)(H,20,21). The van der Waals surface area contributed by atoms with E-state index < -0.39 is 0 Å². The molecule has 0 saturated carbocycles. The molecular weight excluding hydrogens is 306 g/mol. The monoisotopic (exact) mass is 329 g/mol. The average Bonchev–Trinajstić information content (AvgIpc) is 2.94. The molecule has 0 spiro atoms. The van der Waals surface area contributed by atoms with Crippen LogP contribution in [0.15, 0.2) is 18.2 Å². The van der Waals surface area contributed by atoms with E-state index >= 15 is 0 Å². The number of ether oxygens (including phenoxy) is 1. The summed E-state index contributed by atoms with van der Waals surface area (Å²) in [4.78, 5) is 19.0. The first-order valence-electron chi connectivity index (χ1n) is 8.13. The summed E-state index contributed by atoms with van der Waals surface area (Å²) < 4.78 is 5.82. The van der Waals surface area contributed by atoms with Gasteiger partial charge in [0.25, 0.3) is 0 Å². The van der Waals surface area contributed by atoms with E-state index in [1.807, 2.05) is 44.0 Å². The van der Waals surface area contributed by atoms with Gasteiger partial charge in [0.2, 0.25) is 5.91 Å². The third-order valence-corrected chi connectivity index (χ3v) is 4.38. The van der Waals surface area contributed by atoms with Crippen LogP contribution in [0.5, 0.6) is 0 Å². The van der Waals surface area contributed by atoms with Crippen LogP contribution in [0, 0.1) is 13.8 Å². The van der Waals surface area contributed by atoms with Crippen LogP contribution in [0.3, 0.4) is 0 Å². The van der Waals surface area contributed by atoms with Gasteiger partial charge in [-0.2, -0.15) is 5.10 Å². The zero-order valence-corrected chi connectivity index (χ0v) is 14.3. The zero-order chi connectivity index (χ0) is 17.1. The number of anilines is 1. The molecule has 1 atom stereocenters. The van der Waals surface area contributed by atoms with Gasteiger partial charge >= 0.3 is 0 Å². The largest absolute Gasteiger partial charge is 0.373 e. The quantitative estimate of drug-likeness (QED) is 0.890. The van der Waals surface area contributed by atoms with Gasteiger partial charge in [0.05, 0.1) is 31.0 Å². The molecule has 7 heteroatoms. The molecule has 7 nitrogen and oxygen atoms in total. The summed E-state index contributed by atoms with van der Waals surface area (Å²) in [5.41, 5.74) is 3.66. The van der Waals surface area contributed by atoms with Crippen LogP contribution in [-0.2, 0) is 16.0 Å². The Labute approximate surface area is 141 Å². The first kappa shape index (κ1) is 16.4. The van der Waals surface area contributed by atoms with Crippen LogP contribution >= 0.6 is 0 Å². The Morgan fingerprint density at radius 1 is 1.46 bits per heavy atom. The summed E-state index contributed by atoms with van der Waals surface area (Å²) in [6.45, 7) is 5.51. The molecule has 1 aliphatic rings. The summed E-state index contributed by atoms with van der Waals surface area (Å²) in [6, 6.07) is 5.78. The number of aromatic amines is 1. The van der Waals surface area contributed by atoms with Gasteiger partial charge in [0, 0.05) is 24.8 Å². The van der Waals surface area contributed by atoms with Crippen molar-refractivity contribution in [3.63, 3.8) is 0 Å². The summed E-state index contributed by atoms with van der Waals surface area (Å²) in [7, 11) is 1.83. The summed E-state index contributed by atoms with van der Waals surface area (Å²) in [5.74, 6) is 0.893. The van der Waals surface area contributed by atoms with E-state index in [2.05, 4.69) is 20.5 Å². The van der Waals surface area contributed by atoms with Crippen molar-refractivity contribution >= 4 is 11.7 Å². The van der Waals surface area contributed by atoms with Crippen LogP contribution in [-0.4, -0.2) is 52.7 Å². The van der Waals surface area contributed by atoms with Crippen molar-refractivity contribution in [1.29, 1.82) is 0 Å². The molecule has 1 aliphatic heterocycles. The lowest BCUT2D eigenvalue weighted by Crippen LogP contribution is -2.43. The van der Waals surface area contributed by atoms with E-state index in [0.29, 0.717) is 26.1 Å². The highest BCUT2D eigenvalue weighted by Gasteiger charge is 2.27. The van der Waals surface area contributed by atoms with E-state index in [9.17, 15) is 4.79 Å². The van der Waals surface area contributed by atoms with Gasteiger partial charge in [0.1, 0.15) is 11.9 Å². The lowest BCUT2D eigenvalue weighted by Gasteiger charge is -2.33. The minimum Gasteiger partial charge on any atom is -0.373 e. The van der Waals surface area contributed by atoms with Gasteiger partial charge in [-0.3, -0.25) is 9.89 Å². The molecule has 1 unspecified atom stereocenters. The Hall–Kier alpha value is -2.41. The van der Waals surface area contributed by atoms with Crippen molar-refractivity contribution in [2.45, 2.75) is 26.4 Å². The Balaban J connectivity index is 1.69. The number of carbonyl (C=O) groups is 1. The second-order valence-electron chi connectivity index (χ2n) is 5.99. The predicted octanol–water partition coefficient (Wildman–Crippen LogP) is 1.61. The van der Waals surface area contributed by atoms with Crippen molar-refractivity contribution in [2.75, 3.05) is 32.1 Å². The molecule has 1 fully saturated rings. The number of pyridine rings is 1. The summed E-state index contributed by atoms with van der Waals surface area (Å²) >= 11 is 0. The fraction of sp³-hybridized carbons (Fsp3) is 0.471. The Kier molecular flexibility index (Phi) is 4.80. The molecule has 1 amide bonds. The molecule has 2 aromatic rings. The number of H-pyrrole nitrogens is 1. The van der Waals surface area contributed by atoms with Gasteiger partial charge in [-0.25, -0.2) is 4.98 Å². The fourth-order valence-electron chi connectivity index (χ4n) is 2.92. The molecule has 0 bridgehead atoms. The van der Waals surface area contributed by atoms with Crippen molar-refractivity contribution in [3.05, 3.63) is 40.8 Å². The molecule has 0 radical (unpaired) electrons. The molecule has 0 aromatic carbocycles. The SMILES string of the molecule is CNc1cccc(C2CN(C(=O)Cc3c(C)n[nH]c3C)CCO2)n1. The molecule has 1 saturated heterocycles. The number of carbonyl (C=O) groups excluding carboxylic acids is 1. The topological polar surface area (TPSA) is 83.1 Å². The number of hydrogen-bond donors (Lipinski definition) is 2. The minimum absolute atomic E-state index is 0.0978. The average molecular weight is 329 g/mol. The lowest BCUT2D eigenvalue weighted by atomic mass is 10.1. The maximum Gasteiger partial charge on any atom is 0.227 e. The Morgan fingerprint density at radius 3 is 3.00 bits per heavy atom. The van der Waals surface area contributed by atoms with E-state index in [4.69, 9.17) is 4.74 Å². The minimum atomic E-state index is -0.192. The number of amides is 1. The van der Waals surface area contributed by atoms with E-state index in [-0.39, 0.29) is 12.0 Å². The summed E-state index contributed by atoms with van der Waals surface area (Å²) in [6.07, 6.45) is 0.174. The number of nitrogens with zero attached hydrogens (tertiary/aromatic N) is 3. The molecule has 128 valence electrons. The van der Waals surface area contributed by atoms with E-state index in [0.717, 1.165) is 28.5 Å². The maximum atomic E-state index is 12.7. The normalized spacial score (nSPS) is 17.8. The van der Waals surface area contributed by atoms with Crippen LogP contribution in [0.1, 0.15) is 28.7 Å². The number of hydrogen-bond acceptors (Lipinski definition) is 5. The predicted molar refractivity (Wildman–Crippen MR) is 90.8 cm³/mol. The first-order valence-corrected chi connectivity index (χ1v) is 8.13. The van der Waals surface area contributed by atoms with E-state index in [1.54, 1.807) is 0 Å². The fourth-order valence-corrected chi connectivity index (χ4v) is 2.92. The Morgan fingerprint density at radius 2 is 2.29 bits per heavy atom. The van der Waals surface area contributed by atoms with Gasteiger partial charge < -0.3 is 15.0 Å². The third kappa shape index (κ3) is 3.41. The Bertz CT molecular complexity index is 708. The second kappa shape index (κ2) is 7.00. The molecule has 24 heavy (non-hydrogen) atoms. The van der Waals surface area contributed by atoms with Crippen molar-refractivity contribution in [3.8, 4) is 0 Å². The van der Waals surface area contributed by atoms with Crippen molar-refractivity contribution < 1.29 is 9.53 Å². The molecular formula is C17H23N5O2. The van der Waals surface area contributed by atoms with Gasteiger partial charge in [-0.1, -0.05) is 6.07 Å². The zero-order valence-electron chi connectivity index (χ0n) is 14.3. The number of morpholine rings is 1. The highest BCUT2D eigenvalue weighted by molar-refractivity contribution is 5.79. The molecule has 3 heterocycles. The van der Waals surface area contributed by atoms with Crippen LogP contribution in [0.25, 0.3) is 0 Å². The van der Waals surface area contributed by atoms with Gasteiger partial charge in [-0.05, 0) is 26.0 Å². The van der Waals surface area contributed by atoms with Gasteiger partial charge in [-0.15, -0.1) is 0 Å². The number of nitrogens with one attached hydrogen (secondary N) is 2. The third-order valence-electron chi connectivity index (χ3n) is 4.38.